The summed E-state index contributed by atoms with van der Waals surface area (Å²) in [5.74, 6) is 7.91. The quantitative estimate of drug-likeness (QED) is 0.634. The van der Waals surface area contributed by atoms with Crippen molar-refractivity contribution >= 4 is 11.8 Å². The maximum absolute atomic E-state index is 5.76. The predicted octanol–water partition coefficient (Wildman–Crippen LogP) is 2.36. The average molecular weight is 266 g/mol. The van der Waals surface area contributed by atoms with Gasteiger partial charge in [-0.05, 0) is 49.6 Å². The third-order valence-electron chi connectivity index (χ3n) is 3.76. The summed E-state index contributed by atoms with van der Waals surface area (Å²) in [6, 6.07) is 8.53. The summed E-state index contributed by atoms with van der Waals surface area (Å²) in [5.41, 5.74) is 4.28. The Bertz CT molecular complexity index is 391. The van der Waals surface area contributed by atoms with Crippen molar-refractivity contribution in [3.63, 3.8) is 0 Å². The molecule has 2 unspecified atom stereocenters. The number of rotatable bonds is 5. The molecule has 1 saturated heterocycles. The van der Waals surface area contributed by atoms with E-state index in [0.717, 1.165) is 12.2 Å². The molecule has 1 heterocycles. The van der Waals surface area contributed by atoms with E-state index in [1.165, 1.54) is 24.2 Å². The average Bonchev–Trinajstić information content (AvgIpc) is 2.84. The van der Waals surface area contributed by atoms with E-state index >= 15 is 0 Å². The van der Waals surface area contributed by atoms with Crippen molar-refractivity contribution in [1.29, 1.82) is 0 Å². The molecule has 0 aromatic heterocycles. The Kier molecular flexibility index (Phi) is 4.54. The largest absolute Gasteiger partial charge is 0.497 e. The topological polar surface area (TPSA) is 47.3 Å². The van der Waals surface area contributed by atoms with Gasteiger partial charge in [-0.25, -0.2) is 0 Å². The molecule has 0 aliphatic carbocycles. The maximum Gasteiger partial charge on any atom is 0.119 e. The van der Waals surface area contributed by atoms with Gasteiger partial charge in [0, 0.05) is 10.8 Å². The molecular weight excluding hydrogens is 244 g/mol. The van der Waals surface area contributed by atoms with Gasteiger partial charge in [0.1, 0.15) is 5.75 Å². The molecule has 1 aromatic rings. The zero-order valence-electron chi connectivity index (χ0n) is 11.1. The van der Waals surface area contributed by atoms with Gasteiger partial charge < -0.3 is 4.74 Å². The molecule has 1 aliphatic rings. The van der Waals surface area contributed by atoms with Crippen LogP contribution in [0.2, 0.25) is 0 Å². The molecule has 1 aliphatic heterocycles. The number of benzene rings is 1. The van der Waals surface area contributed by atoms with Crippen molar-refractivity contribution in [2.24, 2.45) is 5.84 Å². The minimum atomic E-state index is 0.248. The number of nitrogens with two attached hydrogens (primary N) is 1. The molecule has 1 aromatic carbocycles. The van der Waals surface area contributed by atoms with Crippen LogP contribution in [0.5, 0.6) is 5.75 Å². The molecule has 100 valence electrons. The fraction of sp³-hybridized carbons (Fsp3) is 0.571. The van der Waals surface area contributed by atoms with Crippen LogP contribution in [0.25, 0.3) is 0 Å². The van der Waals surface area contributed by atoms with E-state index in [1.54, 1.807) is 7.11 Å². The number of methoxy groups -OCH3 is 1. The molecule has 2 rings (SSSR count). The number of hydrogen-bond donors (Lipinski definition) is 2. The van der Waals surface area contributed by atoms with E-state index < -0.39 is 0 Å². The molecule has 2 atom stereocenters. The molecule has 18 heavy (non-hydrogen) atoms. The second-order valence-corrected chi connectivity index (χ2v) is 6.67. The maximum atomic E-state index is 5.76. The lowest BCUT2D eigenvalue weighted by Crippen LogP contribution is -2.49. The molecular formula is C14H22N2OS. The number of thioether (sulfide) groups is 1. The van der Waals surface area contributed by atoms with Crippen LogP contribution in [0.15, 0.2) is 24.3 Å². The zero-order valence-corrected chi connectivity index (χ0v) is 11.9. The Labute approximate surface area is 113 Å². The van der Waals surface area contributed by atoms with Crippen molar-refractivity contribution in [3.8, 4) is 5.75 Å². The van der Waals surface area contributed by atoms with E-state index in [1.807, 2.05) is 23.9 Å². The summed E-state index contributed by atoms with van der Waals surface area (Å²) >= 11 is 2.03. The van der Waals surface area contributed by atoms with E-state index in [2.05, 4.69) is 24.5 Å². The zero-order chi connectivity index (χ0) is 13.0. The third kappa shape index (κ3) is 2.99. The second-order valence-electron chi connectivity index (χ2n) is 5.04. The molecule has 4 heteroatoms. The van der Waals surface area contributed by atoms with Crippen LogP contribution in [-0.2, 0) is 6.42 Å². The van der Waals surface area contributed by atoms with E-state index in [4.69, 9.17) is 10.6 Å². The first-order valence-electron chi connectivity index (χ1n) is 6.41. The van der Waals surface area contributed by atoms with Crippen molar-refractivity contribution in [2.45, 2.75) is 37.0 Å². The third-order valence-corrected chi connectivity index (χ3v) is 5.40. The first kappa shape index (κ1) is 13.7. The highest BCUT2D eigenvalue weighted by Gasteiger charge is 2.37. The summed E-state index contributed by atoms with van der Waals surface area (Å²) in [4.78, 5) is 0. The Morgan fingerprint density at radius 1 is 1.56 bits per heavy atom. The Balaban J connectivity index is 2.09. The molecule has 0 amide bonds. The van der Waals surface area contributed by atoms with Crippen LogP contribution in [0.1, 0.15) is 25.3 Å². The van der Waals surface area contributed by atoms with E-state index in [0.29, 0.717) is 6.04 Å². The van der Waals surface area contributed by atoms with Crippen molar-refractivity contribution < 1.29 is 4.74 Å². The number of ether oxygens (including phenoxy) is 1. The lowest BCUT2D eigenvalue weighted by Gasteiger charge is -2.33. The van der Waals surface area contributed by atoms with Crippen molar-refractivity contribution in [3.05, 3.63) is 29.8 Å². The second kappa shape index (κ2) is 5.95. The molecule has 0 bridgehead atoms. The van der Waals surface area contributed by atoms with Gasteiger partial charge in [0.15, 0.2) is 0 Å². The lowest BCUT2D eigenvalue weighted by molar-refractivity contribution is 0.400. The summed E-state index contributed by atoms with van der Waals surface area (Å²) < 4.78 is 5.51. The standard InChI is InChI=1S/C14H22N2OS/c1-14(7-4-8-18-14)13(16-15)10-11-5-3-6-12(9-11)17-2/h3,5-6,9,13,16H,4,7-8,10,15H2,1-2H3. The minimum absolute atomic E-state index is 0.248. The Morgan fingerprint density at radius 3 is 3.00 bits per heavy atom. The summed E-state index contributed by atoms with van der Waals surface area (Å²) in [6.07, 6.45) is 3.46. The van der Waals surface area contributed by atoms with Gasteiger partial charge in [-0.2, -0.15) is 11.8 Å². The van der Waals surface area contributed by atoms with Crippen LogP contribution in [-0.4, -0.2) is 23.7 Å². The van der Waals surface area contributed by atoms with Gasteiger partial charge in [-0.1, -0.05) is 12.1 Å². The smallest absolute Gasteiger partial charge is 0.119 e. The van der Waals surface area contributed by atoms with Crippen LogP contribution >= 0.6 is 11.8 Å². The van der Waals surface area contributed by atoms with Gasteiger partial charge in [0.25, 0.3) is 0 Å². The van der Waals surface area contributed by atoms with Crippen LogP contribution in [0.4, 0.5) is 0 Å². The molecule has 0 saturated carbocycles. The van der Waals surface area contributed by atoms with E-state index in [9.17, 15) is 0 Å². The number of hydrogen-bond acceptors (Lipinski definition) is 4. The van der Waals surface area contributed by atoms with Crippen LogP contribution in [0.3, 0.4) is 0 Å². The summed E-state index contributed by atoms with van der Waals surface area (Å²) in [5, 5.41) is 0. The van der Waals surface area contributed by atoms with Crippen LogP contribution in [0, 0.1) is 0 Å². The van der Waals surface area contributed by atoms with E-state index in [-0.39, 0.29) is 4.75 Å². The predicted molar refractivity (Wildman–Crippen MR) is 77.9 cm³/mol. The fourth-order valence-electron chi connectivity index (χ4n) is 2.56. The fourth-order valence-corrected chi connectivity index (χ4v) is 3.96. The van der Waals surface area contributed by atoms with Gasteiger partial charge in [-0.15, -0.1) is 0 Å². The Hall–Kier alpha value is -0.710. The molecule has 0 radical (unpaired) electrons. The van der Waals surface area contributed by atoms with Crippen LogP contribution < -0.4 is 16.0 Å². The highest BCUT2D eigenvalue weighted by atomic mass is 32.2. The first-order chi connectivity index (χ1) is 8.68. The lowest BCUT2D eigenvalue weighted by atomic mass is 9.91. The highest BCUT2D eigenvalue weighted by molar-refractivity contribution is 8.00. The summed E-state index contributed by atoms with van der Waals surface area (Å²) in [6.45, 7) is 2.31. The normalized spacial score (nSPS) is 25.1. The van der Waals surface area contributed by atoms with Gasteiger partial charge in [0.05, 0.1) is 7.11 Å². The minimum Gasteiger partial charge on any atom is -0.497 e. The SMILES string of the molecule is COc1cccc(CC(NN)C2(C)CCCS2)c1. The summed E-state index contributed by atoms with van der Waals surface area (Å²) in [7, 11) is 1.70. The van der Waals surface area contributed by atoms with Crippen molar-refractivity contribution in [2.75, 3.05) is 12.9 Å². The molecule has 3 nitrogen and oxygen atoms in total. The van der Waals surface area contributed by atoms with Crippen molar-refractivity contribution in [1.82, 2.24) is 5.43 Å². The highest BCUT2D eigenvalue weighted by Crippen LogP contribution is 2.41. The molecule has 0 spiro atoms. The monoisotopic (exact) mass is 266 g/mol. The van der Waals surface area contributed by atoms with Gasteiger partial charge in [-0.3, -0.25) is 11.3 Å². The number of hydrazine groups is 1. The molecule has 1 fully saturated rings. The first-order valence-corrected chi connectivity index (χ1v) is 7.39. The van der Waals surface area contributed by atoms with Gasteiger partial charge >= 0.3 is 0 Å². The molecule has 3 N–H and O–H groups in total. The van der Waals surface area contributed by atoms with Gasteiger partial charge in [0.2, 0.25) is 0 Å². The number of nitrogens with one attached hydrogen (secondary N) is 1. The Morgan fingerprint density at radius 2 is 2.39 bits per heavy atom.